The molecule has 1 atom stereocenters. The summed E-state index contributed by atoms with van der Waals surface area (Å²) in [5.41, 5.74) is 0. The maximum absolute atomic E-state index is 9.18. The van der Waals surface area contributed by atoms with E-state index < -0.39 is 0 Å². The number of hydrogen-bond donors (Lipinski definition) is 1. The minimum Gasteiger partial charge on any atom is -0.373 e. The third-order valence-corrected chi connectivity index (χ3v) is 2.83. The average Bonchev–Trinajstić information content (AvgIpc) is 2.12. The fraction of sp³-hybridized carbons (Fsp3) is 0.800. The SMILES string of the molecule is CCN1C(=S)SCC1O. The van der Waals surface area contributed by atoms with Crippen molar-refractivity contribution in [1.29, 1.82) is 0 Å². The molecular weight excluding hydrogens is 154 g/mol. The van der Waals surface area contributed by atoms with Gasteiger partial charge in [-0.25, -0.2) is 0 Å². The van der Waals surface area contributed by atoms with Crippen LogP contribution < -0.4 is 0 Å². The lowest BCUT2D eigenvalue weighted by Crippen LogP contribution is -2.32. The van der Waals surface area contributed by atoms with Crippen LogP contribution in [0.4, 0.5) is 0 Å². The van der Waals surface area contributed by atoms with Crippen molar-refractivity contribution in [2.75, 3.05) is 12.3 Å². The van der Waals surface area contributed by atoms with Crippen molar-refractivity contribution >= 4 is 28.3 Å². The Labute approximate surface area is 64.2 Å². The molecule has 4 heteroatoms. The van der Waals surface area contributed by atoms with Gasteiger partial charge in [0.2, 0.25) is 0 Å². The van der Waals surface area contributed by atoms with E-state index in [1.807, 2.05) is 11.8 Å². The van der Waals surface area contributed by atoms with Crippen LogP contribution in [0.2, 0.25) is 0 Å². The van der Waals surface area contributed by atoms with E-state index in [1.165, 1.54) is 0 Å². The van der Waals surface area contributed by atoms with Crippen molar-refractivity contribution in [3.8, 4) is 0 Å². The van der Waals surface area contributed by atoms with Crippen LogP contribution in [0.15, 0.2) is 0 Å². The fourth-order valence-electron chi connectivity index (χ4n) is 0.780. The molecule has 1 aliphatic heterocycles. The van der Waals surface area contributed by atoms with Gasteiger partial charge in [-0.15, -0.1) is 0 Å². The Morgan fingerprint density at radius 1 is 2.00 bits per heavy atom. The Kier molecular flexibility index (Phi) is 2.32. The van der Waals surface area contributed by atoms with Crippen LogP contribution in [0, 0.1) is 0 Å². The van der Waals surface area contributed by atoms with Crippen LogP contribution in [0.3, 0.4) is 0 Å². The number of hydrogen-bond acceptors (Lipinski definition) is 3. The highest BCUT2D eigenvalue weighted by Gasteiger charge is 2.24. The van der Waals surface area contributed by atoms with Crippen LogP contribution in [-0.4, -0.2) is 32.9 Å². The largest absolute Gasteiger partial charge is 0.373 e. The summed E-state index contributed by atoms with van der Waals surface area (Å²) in [5, 5.41) is 9.18. The van der Waals surface area contributed by atoms with Crippen LogP contribution in [0.1, 0.15) is 6.92 Å². The van der Waals surface area contributed by atoms with Gasteiger partial charge in [-0.3, -0.25) is 0 Å². The average molecular weight is 163 g/mol. The van der Waals surface area contributed by atoms with E-state index in [9.17, 15) is 5.11 Å². The highest BCUT2D eigenvalue weighted by molar-refractivity contribution is 8.23. The van der Waals surface area contributed by atoms with Gasteiger partial charge >= 0.3 is 0 Å². The van der Waals surface area contributed by atoms with Gasteiger partial charge in [0.1, 0.15) is 10.5 Å². The molecule has 1 aliphatic rings. The molecule has 0 aliphatic carbocycles. The highest BCUT2D eigenvalue weighted by atomic mass is 32.2. The first-order chi connectivity index (χ1) is 4.25. The molecule has 0 bridgehead atoms. The summed E-state index contributed by atoms with van der Waals surface area (Å²) in [4.78, 5) is 1.82. The van der Waals surface area contributed by atoms with Gasteiger partial charge in [-0.05, 0) is 6.92 Å². The van der Waals surface area contributed by atoms with Crippen molar-refractivity contribution in [2.24, 2.45) is 0 Å². The Bertz CT molecular complexity index is 128. The van der Waals surface area contributed by atoms with E-state index in [4.69, 9.17) is 12.2 Å². The van der Waals surface area contributed by atoms with Gasteiger partial charge in [-0.1, -0.05) is 24.0 Å². The van der Waals surface area contributed by atoms with Gasteiger partial charge in [0.05, 0.1) is 0 Å². The first-order valence-electron chi connectivity index (χ1n) is 2.87. The summed E-state index contributed by atoms with van der Waals surface area (Å²) in [6, 6.07) is 0. The Hall–Kier alpha value is 0.200. The van der Waals surface area contributed by atoms with Crippen molar-refractivity contribution in [3.05, 3.63) is 0 Å². The maximum atomic E-state index is 9.18. The third kappa shape index (κ3) is 1.36. The molecule has 0 radical (unpaired) electrons. The van der Waals surface area contributed by atoms with Crippen molar-refractivity contribution in [3.63, 3.8) is 0 Å². The van der Waals surface area contributed by atoms with E-state index in [-0.39, 0.29) is 6.23 Å². The maximum Gasteiger partial charge on any atom is 0.138 e. The molecule has 1 rings (SSSR count). The zero-order chi connectivity index (χ0) is 6.85. The van der Waals surface area contributed by atoms with Gasteiger partial charge < -0.3 is 10.0 Å². The number of nitrogens with zero attached hydrogens (tertiary/aromatic N) is 1. The molecule has 2 nitrogen and oxygen atoms in total. The fourth-order valence-corrected chi connectivity index (χ4v) is 2.12. The number of aliphatic hydroxyl groups is 1. The lowest BCUT2D eigenvalue weighted by molar-refractivity contribution is 0.0877. The van der Waals surface area contributed by atoms with E-state index in [0.29, 0.717) is 0 Å². The zero-order valence-electron chi connectivity index (χ0n) is 5.20. The summed E-state index contributed by atoms with van der Waals surface area (Å²) < 4.78 is 0.824. The smallest absolute Gasteiger partial charge is 0.138 e. The van der Waals surface area contributed by atoms with E-state index >= 15 is 0 Å². The van der Waals surface area contributed by atoms with Gasteiger partial charge in [0.15, 0.2) is 0 Å². The van der Waals surface area contributed by atoms with Crippen molar-refractivity contribution in [1.82, 2.24) is 4.90 Å². The molecule has 0 aromatic heterocycles. The second-order valence-corrected chi connectivity index (χ2v) is 3.50. The molecular formula is C5H9NOS2. The standard InChI is InChI=1S/C5H9NOS2/c1-2-6-4(7)3-9-5(6)8/h4,7H,2-3H2,1H3. The Balaban J connectivity index is 2.55. The number of thioether (sulfide) groups is 1. The van der Waals surface area contributed by atoms with Crippen LogP contribution in [-0.2, 0) is 0 Å². The number of aliphatic hydroxyl groups excluding tert-OH is 1. The summed E-state index contributed by atoms with van der Waals surface area (Å²) in [6.45, 7) is 2.80. The monoisotopic (exact) mass is 163 g/mol. The predicted molar refractivity (Wildman–Crippen MR) is 43.4 cm³/mol. The Morgan fingerprint density at radius 2 is 2.67 bits per heavy atom. The molecule has 0 amide bonds. The van der Waals surface area contributed by atoms with Crippen LogP contribution in [0.5, 0.6) is 0 Å². The molecule has 1 fully saturated rings. The molecule has 0 aromatic carbocycles. The summed E-state index contributed by atoms with van der Waals surface area (Å²) in [5.74, 6) is 0.729. The van der Waals surface area contributed by atoms with E-state index in [0.717, 1.165) is 16.6 Å². The van der Waals surface area contributed by atoms with Crippen LogP contribution >= 0.6 is 24.0 Å². The summed E-state index contributed by atoms with van der Waals surface area (Å²) in [6.07, 6.45) is -0.340. The molecule has 0 saturated carbocycles. The third-order valence-electron chi connectivity index (χ3n) is 1.29. The Morgan fingerprint density at radius 3 is 2.89 bits per heavy atom. The summed E-state index contributed by atoms with van der Waals surface area (Å²) >= 11 is 6.49. The molecule has 9 heavy (non-hydrogen) atoms. The number of rotatable bonds is 1. The second kappa shape index (κ2) is 2.86. The molecule has 1 N–H and O–H groups in total. The van der Waals surface area contributed by atoms with E-state index in [1.54, 1.807) is 11.8 Å². The molecule has 0 spiro atoms. The second-order valence-electron chi connectivity index (χ2n) is 1.84. The van der Waals surface area contributed by atoms with Gasteiger partial charge in [-0.2, -0.15) is 0 Å². The quantitative estimate of drug-likeness (QED) is 0.574. The summed E-state index contributed by atoms with van der Waals surface area (Å²) in [7, 11) is 0. The molecule has 1 unspecified atom stereocenters. The number of thiocarbonyl (C=S) groups is 1. The topological polar surface area (TPSA) is 23.5 Å². The zero-order valence-corrected chi connectivity index (χ0v) is 6.84. The predicted octanol–water partition coefficient (Wildman–Crippen LogP) is 0.658. The molecule has 0 aromatic rings. The molecule has 1 heterocycles. The first kappa shape index (κ1) is 7.31. The molecule has 52 valence electrons. The first-order valence-corrected chi connectivity index (χ1v) is 4.26. The normalized spacial score (nSPS) is 27.6. The lowest BCUT2D eigenvalue weighted by atomic mass is 10.5. The van der Waals surface area contributed by atoms with Crippen molar-refractivity contribution in [2.45, 2.75) is 13.2 Å². The van der Waals surface area contributed by atoms with Crippen LogP contribution in [0.25, 0.3) is 0 Å². The highest BCUT2D eigenvalue weighted by Crippen LogP contribution is 2.21. The van der Waals surface area contributed by atoms with Crippen molar-refractivity contribution < 1.29 is 5.11 Å². The molecule has 1 saturated heterocycles. The lowest BCUT2D eigenvalue weighted by Gasteiger charge is -2.17. The minimum atomic E-state index is -0.340. The van der Waals surface area contributed by atoms with E-state index in [2.05, 4.69) is 0 Å². The minimum absolute atomic E-state index is 0.340. The van der Waals surface area contributed by atoms with Gasteiger partial charge in [0.25, 0.3) is 0 Å². The van der Waals surface area contributed by atoms with Gasteiger partial charge in [0, 0.05) is 12.3 Å².